The van der Waals surface area contributed by atoms with E-state index in [4.69, 9.17) is 10.7 Å². The van der Waals surface area contributed by atoms with Crippen LogP contribution in [-0.4, -0.2) is 4.98 Å². The molecule has 0 saturated carbocycles. The van der Waals surface area contributed by atoms with Crippen molar-refractivity contribution in [2.24, 2.45) is 17.1 Å². The van der Waals surface area contributed by atoms with Gasteiger partial charge in [0.2, 0.25) is 0 Å². The number of nitrogens with zero attached hydrogens (tertiary/aromatic N) is 1. The zero-order valence-electron chi connectivity index (χ0n) is 13.0. The van der Waals surface area contributed by atoms with Crippen molar-refractivity contribution in [1.82, 2.24) is 4.98 Å². The van der Waals surface area contributed by atoms with Crippen LogP contribution >= 0.6 is 11.3 Å². The second kappa shape index (κ2) is 5.17. The Morgan fingerprint density at radius 1 is 1.26 bits per heavy atom. The molecule has 0 aliphatic heterocycles. The Bertz CT molecular complexity index is 446. The van der Waals surface area contributed by atoms with Gasteiger partial charge in [0.05, 0.1) is 11.2 Å². The van der Waals surface area contributed by atoms with Crippen LogP contribution in [0.3, 0.4) is 0 Å². The molecule has 1 aliphatic rings. The topological polar surface area (TPSA) is 38.9 Å². The minimum Gasteiger partial charge on any atom is -0.320 e. The van der Waals surface area contributed by atoms with E-state index in [-0.39, 0.29) is 5.54 Å². The molecule has 2 atom stereocenters. The number of rotatable bonds is 4. The molecular formula is C16H28N2S. The second-order valence-corrected chi connectivity index (χ2v) is 8.03. The van der Waals surface area contributed by atoms with Crippen molar-refractivity contribution in [3.05, 3.63) is 15.6 Å². The summed E-state index contributed by atoms with van der Waals surface area (Å²) in [6.07, 6.45) is 5.82. The van der Waals surface area contributed by atoms with Crippen LogP contribution in [0.2, 0.25) is 0 Å². The predicted molar refractivity (Wildman–Crippen MR) is 83.5 cm³/mol. The highest BCUT2D eigenvalue weighted by atomic mass is 32.1. The maximum absolute atomic E-state index is 6.34. The van der Waals surface area contributed by atoms with E-state index in [1.807, 2.05) is 11.3 Å². The summed E-state index contributed by atoms with van der Waals surface area (Å²) in [6, 6.07) is 0. The third-order valence-corrected chi connectivity index (χ3v) is 6.58. The van der Waals surface area contributed by atoms with Gasteiger partial charge in [0.25, 0.3) is 0 Å². The summed E-state index contributed by atoms with van der Waals surface area (Å²) in [5.41, 5.74) is 7.86. The van der Waals surface area contributed by atoms with Crippen molar-refractivity contribution in [1.29, 1.82) is 0 Å². The lowest BCUT2D eigenvalue weighted by atomic mass is 9.70. The molecule has 108 valence electrons. The Labute approximate surface area is 121 Å². The summed E-state index contributed by atoms with van der Waals surface area (Å²) < 4.78 is 0. The Morgan fingerprint density at radius 3 is 2.53 bits per heavy atom. The summed E-state index contributed by atoms with van der Waals surface area (Å²) in [5.74, 6) is 0.795. The number of fused-ring (bicyclic) bond motifs is 1. The third-order valence-electron chi connectivity index (χ3n) is 5.18. The van der Waals surface area contributed by atoms with Crippen LogP contribution in [0.25, 0.3) is 0 Å². The fourth-order valence-corrected chi connectivity index (χ4v) is 4.04. The number of aryl methyl sites for hydroxylation is 1. The van der Waals surface area contributed by atoms with E-state index in [0.717, 1.165) is 23.8 Å². The number of nitrogens with two attached hydrogens (primary N) is 1. The van der Waals surface area contributed by atoms with Gasteiger partial charge in [-0.2, -0.15) is 0 Å². The van der Waals surface area contributed by atoms with Crippen molar-refractivity contribution in [2.75, 3.05) is 0 Å². The van der Waals surface area contributed by atoms with Crippen LogP contribution in [0, 0.1) is 11.3 Å². The monoisotopic (exact) mass is 280 g/mol. The Balaban J connectivity index is 2.23. The second-order valence-electron chi connectivity index (χ2n) is 6.94. The molecule has 1 aromatic heterocycles. The molecule has 2 nitrogen and oxygen atoms in total. The molecule has 19 heavy (non-hydrogen) atoms. The van der Waals surface area contributed by atoms with E-state index in [0.29, 0.717) is 5.41 Å². The predicted octanol–water partition coefficient (Wildman–Crippen LogP) is 4.27. The molecule has 0 aromatic carbocycles. The van der Waals surface area contributed by atoms with Gasteiger partial charge in [0, 0.05) is 4.88 Å². The van der Waals surface area contributed by atoms with Gasteiger partial charge < -0.3 is 5.73 Å². The summed E-state index contributed by atoms with van der Waals surface area (Å²) in [6.45, 7) is 11.4. The fourth-order valence-electron chi connectivity index (χ4n) is 2.73. The number of thiazole rings is 1. The molecule has 2 unspecified atom stereocenters. The molecular weight excluding hydrogens is 252 g/mol. The maximum atomic E-state index is 6.34. The van der Waals surface area contributed by atoms with Gasteiger partial charge in [0.1, 0.15) is 5.01 Å². The lowest BCUT2D eigenvalue weighted by molar-refractivity contribution is 0.183. The van der Waals surface area contributed by atoms with E-state index < -0.39 is 0 Å². The Hall–Kier alpha value is -0.410. The van der Waals surface area contributed by atoms with Crippen LogP contribution in [0.15, 0.2) is 0 Å². The van der Waals surface area contributed by atoms with Crippen molar-refractivity contribution in [3.63, 3.8) is 0 Å². The average molecular weight is 280 g/mol. The first-order valence-electron chi connectivity index (χ1n) is 7.58. The molecule has 0 fully saturated rings. The molecule has 2 rings (SSSR count). The number of aromatic nitrogens is 1. The zero-order valence-corrected chi connectivity index (χ0v) is 13.9. The Kier molecular flexibility index (Phi) is 4.08. The number of hydrogen-bond acceptors (Lipinski definition) is 3. The van der Waals surface area contributed by atoms with Gasteiger partial charge in [-0.3, -0.25) is 0 Å². The van der Waals surface area contributed by atoms with Crippen LogP contribution in [0.4, 0.5) is 0 Å². The lowest BCUT2D eigenvalue weighted by Crippen LogP contribution is -2.31. The highest BCUT2D eigenvalue weighted by Gasteiger charge is 2.34. The first-order valence-corrected chi connectivity index (χ1v) is 8.39. The van der Waals surface area contributed by atoms with Crippen molar-refractivity contribution in [3.8, 4) is 0 Å². The fraction of sp³-hybridized carbons (Fsp3) is 0.812. The minimum atomic E-state index is -0.252. The molecule has 0 bridgehead atoms. The third kappa shape index (κ3) is 2.87. The zero-order chi connectivity index (χ0) is 14.3. The minimum absolute atomic E-state index is 0.252. The summed E-state index contributed by atoms with van der Waals surface area (Å²) in [4.78, 5) is 6.33. The molecule has 3 heteroatoms. The van der Waals surface area contributed by atoms with Gasteiger partial charge in [-0.15, -0.1) is 11.3 Å². The van der Waals surface area contributed by atoms with Crippen LogP contribution in [0.1, 0.15) is 69.5 Å². The molecule has 0 spiro atoms. The van der Waals surface area contributed by atoms with Crippen molar-refractivity contribution >= 4 is 11.3 Å². The molecule has 1 aliphatic carbocycles. The molecule has 1 aromatic rings. The highest BCUT2D eigenvalue weighted by molar-refractivity contribution is 7.11. The molecule has 1 heterocycles. The van der Waals surface area contributed by atoms with Crippen molar-refractivity contribution < 1.29 is 0 Å². The summed E-state index contributed by atoms with van der Waals surface area (Å²) in [5, 5.41) is 1.13. The van der Waals surface area contributed by atoms with Crippen LogP contribution < -0.4 is 5.73 Å². The van der Waals surface area contributed by atoms with Crippen LogP contribution in [0.5, 0.6) is 0 Å². The normalized spacial score (nSPS) is 22.9. The largest absolute Gasteiger partial charge is 0.320 e. The summed E-state index contributed by atoms with van der Waals surface area (Å²) in [7, 11) is 0. The van der Waals surface area contributed by atoms with Gasteiger partial charge in [-0.05, 0) is 43.9 Å². The first-order chi connectivity index (χ1) is 8.80. The maximum Gasteiger partial charge on any atom is 0.113 e. The van der Waals surface area contributed by atoms with E-state index in [1.165, 1.54) is 29.8 Å². The van der Waals surface area contributed by atoms with Gasteiger partial charge in [0.15, 0.2) is 0 Å². The standard InChI is InChI=1S/C16H28N2S/c1-6-15(3,4)11-8-9-12-13(10-11)19-14(18-12)16(5,17)7-2/h11H,6-10,17H2,1-5H3. The highest BCUT2D eigenvalue weighted by Crippen LogP contribution is 2.42. The van der Waals surface area contributed by atoms with E-state index in [9.17, 15) is 0 Å². The van der Waals surface area contributed by atoms with E-state index >= 15 is 0 Å². The van der Waals surface area contributed by atoms with E-state index in [1.54, 1.807) is 0 Å². The van der Waals surface area contributed by atoms with E-state index in [2.05, 4.69) is 34.6 Å². The van der Waals surface area contributed by atoms with Gasteiger partial charge >= 0.3 is 0 Å². The molecule has 2 N–H and O–H groups in total. The average Bonchev–Trinajstić information content (AvgIpc) is 2.82. The van der Waals surface area contributed by atoms with Gasteiger partial charge in [-0.1, -0.05) is 34.1 Å². The molecule has 0 radical (unpaired) electrons. The molecule has 0 saturated heterocycles. The van der Waals surface area contributed by atoms with Gasteiger partial charge in [-0.25, -0.2) is 4.98 Å². The summed E-state index contributed by atoms with van der Waals surface area (Å²) >= 11 is 1.86. The Morgan fingerprint density at radius 2 is 1.95 bits per heavy atom. The first kappa shape index (κ1) is 15.0. The lowest BCUT2D eigenvalue weighted by Gasteiger charge is -2.35. The van der Waals surface area contributed by atoms with Crippen molar-refractivity contribution in [2.45, 2.75) is 72.3 Å². The SMILES string of the molecule is CCC(C)(N)c1nc2c(s1)CC(C(C)(C)CC)CC2. The molecule has 0 amide bonds. The smallest absolute Gasteiger partial charge is 0.113 e. The van der Waals surface area contributed by atoms with Crippen LogP contribution in [-0.2, 0) is 18.4 Å². The number of hydrogen-bond donors (Lipinski definition) is 1. The quantitative estimate of drug-likeness (QED) is 0.894.